The van der Waals surface area contributed by atoms with Crippen LogP contribution in [0.2, 0.25) is 0 Å². The van der Waals surface area contributed by atoms with Crippen molar-refractivity contribution in [3.63, 3.8) is 0 Å². The molecule has 1 aliphatic rings. The summed E-state index contributed by atoms with van der Waals surface area (Å²) < 4.78 is 15.9. The average molecular weight is 288 g/mol. The molecule has 112 valence electrons. The average Bonchev–Trinajstić information content (AvgIpc) is 3.14. The van der Waals surface area contributed by atoms with Crippen molar-refractivity contribution in [3.05, 3.63) is 42.0 Å². The first-order chi connectivity index (χ1) is 10.3. The van der Waals surface area contributed by atoms with E-state index in [4.69, 9.17) is 5.73 Å². The molecule has 3 N–H and O–H groups in total. The maximum Gasteiger partial charge on any atom is 0.148 e. The lowest BCUT2D eigenvalue weighted by atomic mass is 10.0. The first-order valence-corrected chi connectivity index (χ1v) is 7.58. The van der Waals surface area contributed by atoms with Gasteiger partial charge in [0.25, 0.3) is 0 Å². The Morgan fingerprint density at radius 1 is 1.29 bits per heavy atom. The quantitative estimate of drug-likeness (QED) is 0.889. The van der Waals surface area contributed by atoms with Crippen molar-refractivity contribution in [1.29, 1.82) is 0 Å². The van der Waals surface area contributed by atoms with Crippen LogP contribution in [0.3, 0.4) is 0 Å². The molecule has 0 atom stereocenters. The van der Waals surface area contributed by atoms with Crippen LogP contribution in [0.15, 0.2) is 30.5 Å². The number of para-hydroxylation sites is 1. The van der Waals surface area contributed by atoms with E-state index in [1.54, 1.807) is 23.0 Å². The van der Waals surface area contributed by atoms with Crippen molar-refractivity contribution in [2.45, 2.75) is 31.6 Å². The topological polar surface area (TPSA) is 55.9 Å². The van der Waals surface area contributed by atoms with Crippen molar-refractivity contribution in [2.75, 3.05) is 18.4 Å². The van der Waals surface area contributed by atoms with Crippen LogP contribution in [0, 0.1) is 5.82 Å². The van der Waals surface area contributed by atoms with Gasteiger partial charge in [-0.15, -0.1) is 0 Å². The molecular weight excluding hydrogens is 267 g/mol. The van der Waals surface area contributed by atoms with E-state index in [9.17, 15) is 4.39 Å². The molecule has 0 radical (unpaired) electrons. The minimum absolute atomic E-state index is 0.245. The molecule has 0 aliphatic heterocycles. The van der Waals surface area contributed by atoms with E-state index < -0.39 is 0 Å². The van der Waals surface area contributed by atoms with E-state index >= 15 is 0 Å². The molecule has 1 aromatic heterocycles. The molecular formula is C16H21FN4. The van der Waals surface area contributed by atoms with Crippen molar-refractivity contribution in [1.82, 2.24) is 9.78 Å². The summed E-state index contributed by atoms with van der Waals surface area (Å²) in [5.41, 5.74) is 8.16. The number of benzene rings is 1. The smallest absolute Gasteiger partial charge is 0.148 e. The summed E-state index contributed by atoms with van der Waals surface area (Å²) in [6.45, 7) is 1.26. The van der Waals surface area contributed by atoms with E-state index in [0.29, 0.717) is 24.7 Å². The molecule has 1 aliphatic carbocycles. The van der Waals surface area contributed by atoms with Gasteiger partial charge in [-0.1, -0.05) is 25.0 Å². The largest absolute Gasteiger partial charge is 0.381 e. The van der Waals surface area contributed by atoms with Crippen LogP contribution < -0.4 is 11.1 Å². The van der Waals surface area contributed by atoms with Gasteiger partial charge in [0.2, 0.25) is 0 Å². The monoisotopic (exact) mass is 288 g/mol. The van der Waals surface area contributed by atoms with Gasteiger partial charge < -0.3 is 11.1 Å². The highest BCUT2D eigenvalue weighted by Gasteiger charge is 2.25. The third-order valence-corrected chi connectivity index (χ3v) is 4.09. The first-order valence-electron chi connectivity index (χ1n) is 7.58. The van der Waals surface area contributed by atoms with E-state index in [1.165, 1.54) is 18.9 Å². The van der Waals surface area contributed by atoms with E-state index in [0.717, 1.165) is 24.2 Å². The maximum absolute atomic E-state index is 14.1. The summed E-state index contributed by atoms with van der Waals surface area (Å²) in [6, 6.07) is 6.78. The molecule has 2 aromatic rings. The summed E-state index contributed by atoms with van der Waals surface area (Å²) in [5.74, 6) is 0.192. The Labute approximate surface area is 124 Å². The molecule has 1 saturated carbocycles. The van der Waals surface area contributed by atoms with Gasteiger partial charge in [-0.25, -0.2) is 9.07 Å². The molecule has 0 bridgehead atoms. The van der Waals surface area contributed by atoms with Gasteiger partial charge in [-0.2, -0.15) is 5.10 Å². The number of nitrogens with two attached hydrogens (primary N) is 1. The molecule has 1 fully saturated rings. The normalized spacial score (nSPS) is 15.5. The number of rotatable bonds is 5. The lowest BCUT2D eigenvalue weighted by Crippen LogP contribution is -2.15. The fraction of sp³-hybridized carbons (Fsp3) is 0.438. The fourth-order valence-corrected chi connectivity index (χ4v) is 3.11. The van der Waals surface area contributed by atoms with Gasteiger partial charge in [0, 0.05) is 19.0 Å². The minimum Gasteiger partial charge on any atom is -0.381 e. The molecule has 3 rings (SSSR count). The van der Waals surface area contributed by atoms with Gasteiger partial charge >= 0.3 is 0 Å². The van der Waals surface area contributed by atoms with Crippen LogP contribution in [0.1, 0.15) is 37.3 Å². The van der Waals surface area contributed by atoms with E-state index in [1.807, 2.05) is 6.07 Å². The third kappa shape index (κ3) is 2.78. The Hall–Kier alpha value is -1.88. The molecule has 5 heteroatoms. The molecule has 0 spiro atoms. The van der Waals surface area contributed by atoms with Crippen LogP contribution in [0.5, 0.6) is 0 Å². The minimum atomic E-state index is -0.245. The summed E-state index contributed by atoms with van der Waals surface area (Å²) >= 11 is 0. The predicted molar refractivity (Wildman–Crippen MR) is 82.3 cm³/mol. The van der Waals surface area contributed by atoms with Crippen LogP contribution in [-0.2, 0) is 0 Å². The summed E-state index contributed by atoms with van der Waals surface area (Å²) in [6.07, 6.45) is 6.51. The summed E-state index contributed by atoms with van der Waals surface area (Å²) in [5, 5.41) is 7.74. The molecule has 1 aromatic carbocycles. The Morgan fingerprint density at radius 2 is 2.05 bits per heavy atom. The van der Waals surface area contributed by atoms with Crippen LogP contribution in [0.25, 0.3) is 5.69 Å². The number of halogens is 1. The van der Waals surface area contributed by atoms with Gasteiger partial charge in [-0.05, 0) is 25.0 Å². The fourth-order valence-electron chi connectivity index (χ4n) is 3.11. The van der Waals surface area contributed by atoms with Crippen LogP contribution in [-0.4, -0.2) is 22.9 Å². The van der Waals surface area contributed by atoms with E-state index in [-0.39, 0.29) is 5.82 Å². The molecule has 1 heterocycles. The zero-order valence-corrected chi connectivity index (χ0v) is 12.1. The Balaban J connectivity index is 2.03. The molecule has 0 amide bonds. The number of nitrogens with one attached hydrogen (secondary N) is 1. The number of hydrogen-bond acceptors (Lipinski definition) is 3. The second-order valence-electron chi connectivity index (χ2n) is 5.50. The van der Waals surface area contributed by atoms with Gasteiger partial charge in [0.1, 0.15) is 11.5 Å². The predicted octanol–water partition coefficient (Wildman–Crippen LogP) is 3.04. The molecule has 4 nitrogen and oxygen atoms in total. The lowest BCUT2D eigenvalue weighted by Gasteiger charge is -2.16. The second kappa shape index (κ2) is 6.26. The van der Waals surface area contributed by atoms with Gasteiger partial charge in [0.15, 0.2) is 0 Å². The Bertz CT molecular complexity index is 602. The zero-order valence-electron chi connectivity index (χ0n) is 12.1. The Morgan fingerprint density at radius 3 is 2.76 bits per heavy atom. The number of hydrogen-bond donors (Lipinski definition) is 2. The molecule has 21 heavy (non-hydrogen) atoms. The number of anilines is 1. The Kier molecular flexibility index (Phi) is 4.20. The first kappa shape index (κ1) is 14.1. The third-order valence-electron chi connectivity index (χ3n) is 4.09. The van der Waals surface area contributed by atoms with Gasteiger partial charge in [-0.3, -0.25) is 0 Å². The highest BCUT2D eigenvalue weighted by Crippen LogP contribution is 2.39. The van der Waals surface area contributed by atoms with Crippen LogP contribution in [0.4, 0.5) is 10.1 Å². The zero-order chi connectivity index (χ0) is 14.7. The SMILES string of the molecule is NCCNc1cnn(-c2ccccc2F)c1C1CCCC1. The van der Waals surface area contributed by atoms with Crippen LogP contribution >= 0.6 is 0 Å². The summed E-state index contributed by atoms with van der Waals surface area (Å²) in [7, 11) is 0. The molecule has 0 unspecified atom stereocenters. The number of aromatic nitrogens is 2. The second-order valence-corrected chi connectivity index (χ2v) is 5.50. The van der Waals surface area contributed by atoms with Crippen molar-refractivity contribution < 1.29 is 4.39 Å². The van der Waals surface area contributed by atoms with E-state index in [2.05, 4.69) is 10.4 Å². The van der Waals surface area contributed by atoms with Gasteiger partial charge in [0.05, 0.1) is 17.6 Å². The van der Waals surface area contributed by atoms with Crippen molar-refractivity contribution in [2.24, 2.45) is 5.73 Å². The standard InChI is InChI=1S/C16H21FN4/c17-13-7-3-4-8-15(13)21-16(12-5-1-2-6-12)14(11-20-21)19-10-9-18/h3-4,7-8,11-12,19H,1-2,5-6,9-10,18H2. The highest BCUT2D eigenvalue weighted by molar-refractivity contribution is 5.52. The maximum atomic E-state index is 14.1. The molecule has 0 saturated heterocycles. The summed E-state index contributed by atoms with van der Waals surface area (Å²) in [4.78, 5) is 0. The van der Waals surface area contributed by atoms with Crippen molar-refractivity contribution >= 4 is 5.69 Å². The van der Waals surface area contributed by atoms with Crippen molar-refractivity contribution in [3.8, 4) is 5.69 Å². The number of nitrogens with zero attached hydrogens (tertiary/aromatic N) is 2. The lowest BCUT2D eigenvalue weighted by molar-refractivity contribution is 0.593. The highest BCUT2D eigenvalue weighted by atomic mass is 19.1.